The van der Waals surface area contributed by atoms with Crippen molar-refractivity contribution in [2.75, 3.05) is 38.7 Å². The van der Waals surface area contributed by atoms with Crippen LogP contribution in [0.25, 0.3) is 11.4 Å². The lowest BCUT2D eigenvalue weighted by atomic mass is 10.1. The minimum absolute atomic E-state index is 0.171. The molecule has 0 bridgehead atoms. The highest BCUT2D eigenvalue weighted by Gasteiger charge is 2.28. The highest BCUT2D eigenvalue weighted by atomic mass is 35.5. The molecule has 0 aliphatic carbocycles. The Kier molecular flexibility index (Phi) is 9.91. The van der Waals surface area contributed by atoms with Crippen molar-refractivity contribution in [2.24, 2.45) is 21.5 Å². The third-order valence-electron chi connectivity index (χ3n) is 6.03. The van der Waals surface area contributed by atoms with Crippen LogP contribution in [-0.4, -0.2) is 66.4 Å². The van der Waals surface area contributed by atoms with Gasteiger partial charge in [0.15, 0.2) is 5.82 Å². The number of aliphatic hydroxyl groups excluding tert-OH is 1. The highest BCUT2D eigenvalue weighted by Crippen LogP contribution is 2.34. The number of nitrogens with zero attached hydrogens (tertiary/aromatic N) is 5. The minimum Gasteiger partial charge on any atom is -0.491 e. The Labute approximate surface area is 227 Å². The van der Waals surface area contributed by atoms with Crippen molar-refractivity contribution >= 4 is 40.4 Å². The van der Waals surface area contributed by atoms with Crippen LogP contribution in [0.5, 0.6) is 5.75 Å². The number of rotatable bonds is 9. The van der Waals surface area contributed by atoms with Gasteiger partial charge in [0, 0.05) is 49.7 Å². The quantitative estimate of drug-likeness (QED) is 0.407. The molecule has 1 saturated heterocycles. The maximum Gasteiger partial charge on any atom is 0.163 e. The number of aromatic nitrogens is 2. The second kappa shape index (κ2) is 12.9. The van der Waals surface area contributed by atoms with E-state index < -0.39 is 6.10 Å². The van der Waals surface area contributed by atoms with Gasteiger partial charge in [0.2, 0.25) is 0 Å². The van der Waals surface area contributed by atoms with E-state index in [-0.39, 0.29) is 11.6 Å². The Balaban J connectivity index is 2.16. The van der Waals surface area contributed by atoms with Crippen LogP contribution in [0.3, 0.4) is 0 Å². The van der Waals surface area contributed by atoms with Gasteiger partial charge in [-0.1, -0.05) is 36.5 Å². The maximum absolute atomic E-state index is 10.1. The van der Waals surface area contributed by atoms with E-state index in [9.17, 15) is 5.11 Å². The van der Waals surface area contributed by atoms with Gasteiger partial charge in [0.25, 0.3) is 0 Å². The van der Waals surface area contributed by atoms with E-state index in [2.05, 4.69) is 14.9 Å². The van der Waals surface area contributed by atoms with Crippen LogP contribution < -0.4 is 21.1 Å². The van der Waals surface area contributed by atoms with Crippen LogP contribution in [0.2, 0.25) is 5.02 Å². The number of nitrogens with two attached hydrogens (primary N) is 2. The predicted octanol–water partition coefficient (Wildman–Crippen LogP) is 3.84. The van der Waals surface area contributed by atoms with Crippen molar-refractivity contribution in [3.8, 4) is 17.1 Å². The number of anilines is 1. The highest BCUT2D eigenvalue weighted by molar-refractivity contribution is 6.46. The van der Waals surface area contributed by atoms with Crippen LogP contribution in [-0.2, 0) is 0 Å². The van der Waals surface area contributed by atoms with E-state index in [1.165, 1.54) is 6.20 Å². The fraction of sp³-hybridized carbons (Fsp3) is 0.385. The van der Waals surface area contributed by atoms with E-state index >= 15 is 0 Å². The number of halogens is 2. The second-order valence-corrected chi connectivity index (χ2v) is 9.36. The summed E-state index contributed by atoms with van der Waals surface area (Å²) < 4.78 is 5.82. The molecular weight excluding hydrogens is 513 g/mol. The lowest BCUT2D eigenvalue weighted by Gasteiger charge is -2.22. The molecule has 3 rings (SSSR count). The summed E-state index contributed by atoms with van der Waals surface area (Å²) >= 11 is 13.0. The largest absolute Gasteiger partial charge is 0.491 e. The van der Waals surface area contributed by atoms with Crippen LogP contribution in [0.4, 0.5) is 5.82 Å². The molecule has 0 radical (unpaired) electrons. The zero-order valence-electron chi connectivity index (χ0n) is 21.5. The Bertz CT molecular complexity index is 1240. The molecule has 1 aromatic heterocycles. The second-order valence-electron chi connectivity index (χ2n) is 8.54. The summed E-state index contributed by atoms with van der Waals surface area (Å²) in [7, 11) is 3.36. The van der Waals surface area contributed by atoms with Gasteiger partial charge >= 0.3 is 0 Å². The molecule has 1 aliphatic heterocycles. The average Bonchev–Trinajstić information content (AvgIpc) is 3.33. The Morgan fingerprint density at radius 3 is 2.62 bits per heavy atom. The summed E-state index contributed by atoms with van der Waals surface area (Å²) in [5.41, 5.74) is 15.7. The Morgan fingerprint density at radius 1 is 1.27 bits per heavy atom. The van der Waals surface area contributed by atoms with Gasteiger partial charge in [0.1, 0.15) is 23.9 Å². The number of benzene rings is 1. The van der Waals surface area contributed by atoms with Gasteiger partial charge in [-0.15, -0.1) is 0 Å². The molecule has 0 saturated carbocycles. The molecule has 1 atom stereocenters. The van der Waals surface area contributed by atoms with Crippen LogP contribution in [0.1, 0.15) is 31.0 Å². The Morgan fingerprint density at radius 2 is 2.03 bits per heavy atom. The van der Waals surface area contributed by atoms with Gasteiger partial charge in [-0.3, -0.25) is 9.98 Å². The summed E-state index contributed by atoms with van der Waals surface area (Å²) in [5.74, 6) is 1.57. The summed E-state index contributed by atoms with van der Waals surface area (Å²) in [6, 6.07) is 5.22. The molecule has 1 aromatic carbocycles. The van der Waals surface area contributed by atoms with Crippen molar-refractivity contribution in [3.05, 3.63) is 57.5 Å². The zero-order chi connectivity index (χ0) is 27.1. The van der Waals surface area contributed by atoms with Gasteiger partial charge in [-0.05, 0) is 31.5 Å². The van der Waals surface area contributed by atoms with Crippen molar-refractivity contribution < 1.29 is 9.84 Å². The molecule has 2 aromatic rings. The van der Waals surface area contributed by atoms with E-state index in [0.717, 1.165) is 23.3 Å². The van der Waals surface area contributed by atoms with Crippen molar-refractivity contribution in [2.45, 2.75) is 32.8 Å². The zero-order valence-corrected chi connectivity index (χ0v) is 23.0. The predicted molar refractivity (Wildman–Crippen MR) is 152 cm³/mol. The van der Waals surface area contributed by atoms with Crippen molar-refractivity contribution in [3.63, 3.8) is 0 Å². The van der Waals surface area contributed by atoms with Crippen LogP contribution in [0, 0.1) is 6.92 Å². The van der Waals surface area contributed by atoms with Gasteiger partial charge in [0.05, 0.1) is 34.1 Å². The smallest absolute Gasteiger partial charge is 0.163 e. The topological polar surface area (TPSA) is 135 Å². The summed E-state index contributed by atoms with van der Waals surface area (Å²) in [6.07, 6.45) is 3.81. The maximum atomic E-state index is 10.1. The molecule has 1 aliphatic rings. The lowest BCUT2D eigenvalue weighted by Crippen LogP contribution is -2.24. The summed E-state index contributed by atoms with van der Waals surface area (Å²) in [4.78, 5) is 20.5. The average molecular weight is 547 g/mol. The lowest BCUT2D eigenvalue weighted by molar-refractivity contribution is 0.0994. The fourth-order valence-corrected chi connectivity index (χ4v) is 4.47. The molecule has 0 amide bonds. The fourth-order valence-electron chi connectivity index (χ4n) is 4.09. The SMILES string of the molecule is CCC[C@@H](O)COc1ccc(Cl)c(-c2nc(C(=NC)C(Cl)=CN)c(C)c(N3CC(=CN)C(=NC)C3)n2)c1. The molecule has 5 N–H and O–H groups in total. The normalized spacial score (nSPS) is 17.6. The number of allylic oxidation sites excluding steroid dienone is 1. The molecule has 198 valence electrons. The first kappa shape index (κ1) is 28.4. The Hall–Kier alpha value is -3.14. The van der Waals surface area contributed by atoms with Crippen molar-refractivity contribution in [1.29, 1.82) is 0 Å². The molecule has 0 spiro atoms. The first-order valence-corrected chi connectivity index (χ1v) is 12.7. The summed E-state index contributed by atoms with van der Waals surface area (Å²) in [5, 5.41) is 10.8. The number of hydrogen-bond acceptors (Lipinski definition) is 9. The van der Waals surface area contributed by atoms with E-state index in [1.54, 1.807) is 38.5 Å². The monoisotopic (exact) mass is 545 g/mol. The third kappa shape index (κ3) is 6.41. The molecule has 1 fully saturated rings. The van der Waals surface area contributed by atoms with Gasteiger partial charge in [-0.25, -0.2) is 9.97 Å². The first-order valence-electron chi connectivity index (χ1n) is 11.9. The van der Waals surface area contributed by atoms with Crippen molar-refractivity contribution in [1.82, 2.24) is 9.97 Å². The number of hydrogen-bond donors (Lipinski definition) is 3. The molecule has 37 heavy (non-hydrogen) atoms. The third-order valence-corrected chi connectivity index (χ3v) is 6.66. The first-order chi connectivity index (χ1) is 17.8. The standard InChI is InChI=1S/C26H33Cl2N7O2/c1-5-6-17(36)14-37-18-7-8-20(27)19(9-18)25-33-23(24(32-4)21(28)11-30)15(2)26(34-25)35-12-16(10-29)22(13-35)31-3/h7-11,17,36H,5-6,12-14,29-30H2,1-4H3/t17-/m1/s1. The molecule has 9 nitrogen and oxygen atoms in total. The molecule has 0 unspecified atom stereocenters. The molecule has 2 heterocycles. The van der Waals surface area contributed by atoms with Gasteiger partial charge < -0.3 is 26.2 Å². The molecular formula is C26H33Cl2N7O2. The number of ether oxygens (including phenoxy) is 1. The minimum atomic E-state index is -0.555. The van der Waals surface area contributed by atoms with Gasteiger partial charge in [-0.2, -0.15) is 0 Å². The molecule has 11 heteroatoms. The van der Waals surface area contributed by atoms with Crippen LogP contribution >= 0.6 is 23.2 Å². The van der Waals surface area contributed by atoms with Crippen LogP contribution in [0.15, 0.2) is 51.2 Å². The number of aliphatic hydroxyl groups is 1. The van der Waals surface area contributed by atoms with E-state index in [0.29, 0.717) is 58.9 Å². The van der Waals surface area contributed by atoms with E-state index in [4.69, 9.17) is 49.4 Å². The summed E-state index contributed by atoms with van der Waals surface area (Å²) in [6.45, 7) is 5.15. The number of aliphatic imine (C=N–C) groups is 2. The van der Waals surface area contributed by atoms with E-state index in [1.807, 2.05) is 13.8 Å².